The maximum atomic E-state index is 11.1. The highest BCUT2D eigenvalue weighted by atomic mass is 16.1. The molecule has 4 heteroatoms. The molecule has 2 heterocycles. The van der Waals surface area contributed by atoms with Gasteiger partial charge in [0.25, 0.3) is 5.56 Å². The Morgan fingerprint density at radius 2 is 1.80 bits per heavy atom. The van der Waals surface area contributed by atoms with E-state index in [0.717, 1.165) is 18.8 Å². The predicted molar refractivity (Wildman–Crippen MR) is 60.2 cm³/mol. The Morgan fingerprint density at radius 1 is 1.13 bits per heavy atom. The van der Waals surface area contributed by atoms with Crippen molar-refractivity contribution in [2.75, 3.05) is 18.0 Å². The minimum absolute atomic E-state index is 0.116. The molecule has 1 aromatic rings. The molecule has 2 rings (SSSR count). The zero-order chi connectivity index (χ0) is 10.5. The van der Waals surface area contributed by atoms with Crippen molar-refractivity contribution < 1.29 is 0 Å². The molecule has 1 aliphatic rings. The van der Waals surface area contributed by atoms with Gasteiger partial charge in [-0.05, 0) is 12.8 Å². The Labute approximate surface area is 89.3 Å². The van der Waals surface area contributed by atoms with Crippen LogP contribution in [-0.4, -0.2) is 23.3 Å². The van der Waals surface area contributed by atoms with Crippen LogP contribution in [0.15, 0.2) is 17.1 Å². The molecule has 0 spiro atoms. The molecule has 4 nitrogen and oxygen atoms in total. The first-order valence-corrected chi connectivity index (χ1v) is 5.66. The van der Waals surface area contributed by atoms with Crippen LogP contribution in [0.4, 0.5) is 5.69 Å². The maximum Gasteiger partial charge on any atom is 0.266 e. The first-order chi connectivity index (χ1) is 7.36. The molecule has 0 aliphatic carbocycles. The summed E-state index contributed by atoms with van der Waals surface area (Å²) < 4.78 is 0. The average molecular weight is 207 g/mol. The molecule has 1 N–H and O–H groups in total. The quantitative estimate of drug-likeness (QED) is 0.760. The fraction of sp³-hybridized carbons (Fsp3) is 0.636. The zero-order valence-corrected chi connectivity index (χ0v) is 8.91. The summed E-state index contributed by atoms with van der Waals surface area (Å²) in [6.45, 7) is 2.09. The number of aromatic amines is 1. The highest BCUT2D eigenvalue weighted by molar-refractivity contribution is 5.42. The third-order valence-electron chi connectivity index (χ3n) is 2.87. The van der Waals surface area contributed by atoms with Crippen LogP contribution < -0.4 is 10.5 Å². The van der Waals surface area contributed by atoms with Crippen molar-refractivity contribution in [3.05, 3.63) is 22.6 Å². The lowest BCUT2D eigenvalue weighted by atomic mass is 10.1. The standard InChI is InChI=1S/C11H17N3O/c15-11-8-10(9-12-13-11)14-6-4-2-1-3-5-7-14/h8-9H,1-7H2,(H,13,15). The summed E-state index contributed by atoms with van der Waals surface area (Å²) in [5, 5.41) is 6.24. The van der Waals surface area contributed by atoms with Gasteiger partial charge in [0.15, 0.2) is 0 Å². The SMILES string of the molecule is O=c1cc(N2CCCCCCC2)cn[nH]1. The lowest BCUT2D eigenvalue weighted by Crippen LogP contribution is -2.28. The summed E-state index contributed by atoms with van der Waals surface area (Å²) in [7, 11) is 0. The molecule has 0 saturated carbocycles. The van der Waals surface area contributed by atoms with E-state index in [2.05, 4.69) is 15.1 Å². The maximum absolute atomic E-state index is 11.1. The van der Waals surface area contributed by atoms with E-state index in [1.54, 1.807) is 12.3 Å². The van der Waals surface area contributed by atoms with Crippen molar-refractivity contribution in [2.24, 2.45) is 0 Å². The van der Waals surface area contributed by atoms with Gasteiger partial charge in [0, 0.05) is 19.2 Å². The second-order valence-corrected chi connectivity index (χ2v) is 4.06. The number of anilines is 1. The van der Waals surface area contributed by atoms with Gasteiger partial charge < -0.3 is 4.90 Å². The fourth-order valence-electron chi connectivity index (χ4n) is 2.04. The van der Waals surface area contributed by atoms with Crippen LogP contribution in [-0.2, 0) is 0 Å². The number of nitrogens with one attached hydrogen (secondary N) is 1. The molecule has 1 aromatic heterocycles. The van der Waals surface area contributed by atoms with Gasteiger partial charge in [-0.15, -0.1) is 0 Å². The normalized spacial score (nSPS) is 18.3. The molecule has 1 fully saturated rings. The molecule has 0 bridgehead atoms. The molecule has 0 unspecified atom stereocenters. The number of nitrogens with zero attached hydrogens (tertiary/aromatic N) is 2. The topological polar surface area (TPSA) is 49.0 Å². The Balaban J connectivity index is 2.10. The number of aromatic nitrogens is 2. The van der Waals surface area contributed by atoms with Gasteiger partial charge in [-0.3, -0.25) is 4.79 Å². The number of hydrogen-bond acceptors (Lipinski definition) is 3. The van der Waals surface area contributed by atoms with E-state index in [4.69, 9.17) is 0 Å². The molecule has 0 aromatic carbocycles. The first-order valence-electron chi connectivity index (χ1n) is 5.66. The van der Waals surface area contributed by atoms with Crippen LogP contribution in [0.3, 0.4) is 0 Å². The highest BCUT2D eigenvalue weighted by Gasteiger charge is 2.09. The minimum Gasteiger partial charge on any atom is -0.370 e. The van der Waals surface area contributed by atoms with Crippen LogP contribution >= 0.6 is 0 Å². The van der Waals surface area contributed by atoms with E-state index in [1.165, 1.54) is 32.1 Å². The van der Waals surface area contributed by atoms with Gasteiger partial charge in [0.2, 0.25) is 0 Å². The number of hydrogen-bond donors (Lipinski definition) is 1. The van der Waals surface area contributed by atoms with Crippen molar-refractivity contribution in [3.8, 4) is 0 Å². The lowest BCUT2D eigenvalue weighted by molar-refractivity contribution is 0.556. The molecule has 0 radical (unpaired) electrons. The molecule has 0 amide bonds. The fourth-order valence-corrected chi connectivity index (χ4v) is 2.04. The summed E-state index contributed by atoms with van der Waals surface area (Å²) >= 11 is 0. The molecule has 1 aliphatic heterocycles. The van der Waals surface area contributed by atoms with Gasteiger partial charge >= 0.3 is 0 Å². The van der Waals surface area contributed by atoms with E-state index in [-0.39, 0.29) is 5.56 Å². The molecule has 0 atom stereocenters. The van der Waals surface area contributed by atoms with Gasteiger partial charge in [-0.1, -0.05) is 19.3 Å². The predicted octanol–water partition coefficient (Wildman–Crippen LogP) is 1.54. The van der Waals surface area contributed by atoms with Crippen molar-refractivity contribution in [1.29, 1.82) is 0 Å². The molecule has 82 valence electrons. The summed E-state index contributed by atoms with van der Waals surface area (Å²) in [4.78, 5) is 13.4. The monoisotopic (exact) mass is 207 g/mol. The van der Waals surface area contributed by atoms with E-state index in [0.29, 0.717) is 0 Å². The summed E-state index contributed by atoms with van der Waals surface area (Å²) in [6, 6.07) is 1.63. The molecular formula is C11H17N3O. The van der Waals surface area contributed by atoms with Gasteiger partial charge in [-0.2, -0.15) is 5.10 Å². The Kier molecular flexibility index (Phi) is 3.37. The van der Waals surface area contributed by atoms with Crippen LogP contribution in [0, 0.1) is 0 Å². The highest BCUT2D eigenvalue weighted by Crippen LogP contribution is 2.16. The van der Waals surface area contributed by atoms with E-state index in [1.807, 2.05) is 0 Å². The number of rotatable bonds is 1. The second-order valence-electron chi connectivity index (χ2n) is 4.06. The average Bonchev–Trinajstić information content (AvgIpc) is 2.16. The summed E-state index contributed by atoms with van der Waals surface area (Å²) in [5.41, 5.74) is 0.843. The first kappa shape index (κ1) is 10.2. The summed E-state index contributed by atoms with van der Waals surface area (Å²) in [5.74, 6) is 0. The molecular weight excluding hydrogens is 190 g/mol. The minimum atomic E-state index is -0.116. The van der Waals surface area contributed by atoms with E-state index >= 15 is 0 Å². The van der Waals surface area contributed by atoms with Crippen LogP contribution in [0.2, 0.25) is 0 Å². The van der Waals surface area contributed by atoms with Gasteiger partial charge in [0.05, 0.1) is 11.9 Å². The lowest BCUT2D eigenvalue weighted by Gasteiger charge is -2.26. The summed E-state index contributed by atoms with van der Waals surface area (Å²) in [6.07, 6.45) is 8.12. The van der Waals surface area contributed by atoms with Gasteiger partial charge in [-0.25, -0.2) is 5.10 Å². The zero-order valence-electron chi connectivity index (χ0n) is 8.91. The van der Waals surface area contributed by atoms with Crippen LogP contribution in [0.25, 0.3) is 0 Å². The van der Waals surface area contributed by atoms with Crippen LogP contribution in [0.1, 0.15) is 32.1 Å². The second kappa shape index (κ2) is 4.96. The van der Waals surface area contributed by atoms with Crippen molar-refractivity contribution in [2.45, 2.75) is 32.1 Å². The van der Waals surface area contributed by atoms with Crippen molar-refractivity contribution >= 4 is 5.69 Å². The van der Waals surface area contributed by atoms with E-state index < -0.39 is 0 Å². The molecule has 1 saturated heterocycles. The van der Waals surface area contributed by atoms with Crippen molar-refractivity contribution in [1.82, 2.24) is 10.2 Å². The van der Waals surface area contributed by atoms with Crippen LogP contribution in [0.5, 0.6) is 0 Å². The Morgan fingerprint density at radius 3 is 2.47 bits per heavy atom. The van der Waals surface area contributed by atoms with Gasteiger partial charge in [0.1, 0.15) is 0 Å². The third kappa shape index (κ3) is 2.81. The largest absolute Gasteiger partial charge is 0.370 e. The van der Waals surface area contributed by atoms with E-state index in [9.17, 15) is 4.79 Å². The van der Waals surface area contributed by atoms with Crippen molar-refractivity contribution in [3.63, 3.8) is 0 Å². The number of H-pyrrole nitrogens is 1. The third-order valence-corrected chi connectivity index (χ3v) is 2.87. The Bertz CT molecular complexity index is 353. The molecule has 15 heavy (non-hydrogen) atoms. The Hall–Kier alpha value is -1.32. The smallest absolute Gasteiger partial charge is 0.266 e.